The lowest BCUT2D eigenvalue weighted by atomic mass is 9.91. The Labute approximate surface area is 139 Å². The number of benzene rings is 1. The molecule has 2 aliphatic rings. The molecule has 1 spiro atoms. The Hall–Kier alpha value is -1.39. The summed E-state index contributed by atoms with van der Waals surface area (Å²) in [5, 5.41) is 0. The maximum Gasteiger partial charge on any atom is 0.251 e. The number of rotatable bonds is 3. The Balaban J connectivity index is 1.64. The van der Waals surface area contributed by atoms with Crippen molar-refractivity contribution in [2.45, 2.75) is 51.4 Å². The second-order valence-corrected chi connectivity index (χ2v) is 6.91. The average Bonchev–Trinajstić information content (AvgIpc) is 2.75. The number of hydrogen-bond donors (Lipinski definition) is 0. The molecule has 1 amide bonds. The third kappa shape index (κ3) is 3.75. The Morgan fingerprint density at radius 2 is 2.00 bits per heavy atom. The molecule has 3 rings (SSSR count). The van der Waals surface area contributed by atoms with Gasteiger partial charge in [0.05, 0.1) is 5.60 Å². The minimum Gasteiger partial charge on any atom is -0.360 e. The van der Waals surface area contributed by atoms with E-state index in [-0.39, 0.29) is 17.6 Å². The third-order valence-corrected chi connectivity index (χ3v) is 5.19. The summed E-state index contributed by atoms with van der Waals surface area (Å²) in [6.07, 6.45) is 2.88. The van der Waals surface area contributed by atoms with Crippen molar-refractivity contribution in [3.8, 4) is 0 Å². The number of ether oxygens (including phenoxy) is 1. The molecule has 2 aliphatic heterocycles. The SMILES string of the molecule is CCN1C[C@]2(CCCN(Cc3ccccc3)CC2)O[C@@H](C)C1=O. The van der Waals surface area contributed by atoms with Crippen molar-refractivity contribution in [2.75, 3.05) is 26.2 Å². The van der Waals surface area contributed by atoms with Gasteiger partial charge in [-0.3, -0.25) is 9.69 Å². The summed E-state index contributed by atoms with van der Waals surface area (Å²) >= 11 is 0. The van der Waals surface area contributed by atoms with Gasteiger partial charge in [0.25, 0.3) is 5.91 Å². The Morgan fingerprint density at radius 1 is 1.22 bits per heavy atom. The molecule has 0 N–H and O–H groups in total. The van der Waals surface area contributed by atoms with Crippen LogP contribution in [0.5, 0.6) is 0 Å². The van der Waals surface area contributed by atoms with E-state index in [1.54, 1.807) is 0 Å². The predicted molar refractivity (Wildman–Crippen MR) is 91.1 cm³/mol. The van der Waals surface area contributed by atoms with Crippen LogP contribution in [0.25, 0.3) is 0 Å². The molecule has 2 heterocycles. The fourth-order valence-electron chi connectivity index (χ4n) is 3.91. The molecule has 1 aromatic carbocycles. The van der Waals surface area contributed by atoms with Gasteiger partial charge in [-0.2, -0.15) is 0 Å². The molecule has 0 saturated carbocycles. The van der Waals surface area contributed by atoms with Gasteiger partial charge in [0.1, 0.15) is 6.10 Å². The minimum atomic E-state index is -0.302. The zero-order chi connectivity index (χ0) is 16.3. The molecule has 0 bridgehead atoms. The van der Waals surface area contributed by atoms with Crippen LogP contribution in [0.1, 0.15) is 38.7 Å². The summed E-state index contributed by atoms with van der Waals surface area (Å²) in [5.41, 5.74) is 1.22. The molecular weight excluding hydrogens is 288 g/mol. The Kier molecular flexibility index (Phi) is 5.02. The first-order valence-corrected chi connectivity index (χ1v) is 8.85. The highest BCUT2D eigenvalue weighted by Gasteiger charge is 2.43. The second kappa shape index (κ2) is 7.02. The van der Waals surface area contributed by atoms with Gasteiger partial charge < -0.3 is 9.64 Å². The molecule has 126 valence electrons. The number of likely N-dealkylation sites (tertiary alicyclic amines) is 1. The van der Waals surface area contributed by atoms with Gasteiger partial charge in [0, 0.05) is 26.2 Å². The topological polar surface area (TPSA) is 32.8 Å². The van der Waals surface area contributed by atoms with Gasteiger partial charge in [-0.25, -0.2) is 0 Å². The van der Waals surface area contributed by atoms with Crippen molar-refractivity contribution < 1.29 is 9.53 Å². The van der Waals surface area contributed by atoms with Crippen LogP contribution in [0.3, 0.4) is 0 Å². The summed E-state index contributed by atoms with van der Waals surface area (Å²) in [5.74, 6) is 0.142. The molecule has 2 fully saturated rings. The monoisotopic (exact) mass is 316 g/mol. The maximum absolute atomic E-state index is 12.2. The quantitative estimate of drug-likeness (QED) is 0.859. The fourth-order valence-corrected chi connectivity index (χ4v) is 3.91. The number of morpholine rings is 1. The summed E-state index contributed by atoms with van der Waals surface area (Å²) in [7, 11) is 0. The normalized spacial score (nSPS) is 29.7. The van der Waals surface area contributed by atoms with Gasteiger partial charge in [-0.05, 0) is 45.2 Å². The molecule has 2 atom stereocenters. The molecule has 0 unspecified atom stereocenters. The molecular formula is C19H28N2O2. The van der Waals surface area contributed by atoms with Crippen LogP contribution in [0.2, 0.25) is 0 Å². The van der Waals surface area contributed by atoms with E-state index in [1.165, 1.54) is 5.56 Å². The van der Waals surface area contributed by atoms with Crippen molar-refractivity contribution in [1.82, 2.24) is 9.80 Å². The number of hydrogen-bond acceptors (Lipinski definition) is 3. The van der Waals surface area contributed by atoms with Gasteiger partial charge in [0.15, 0.2) is 0 Å². The zero-order valence-corrected chi connectivity index (χ0v) is 14.3. The van der Waals surface area contributed by atoms with Crippen molar-refractivity contribution in [2.24, 2.45) is 0 Å². The molecule has 23 heavy (non-hydrogen) atoms. The highest BCUT2D eigenvalue weighted by atomic mass is 16.5. The van der Waals surface area contributed by atoms with E-state index in [0.717, 1.165) is 52.0 Å². The van der Waals surface area contributed by atoms with E-state index in [9.17, 15) is 4.79 Å². The van der Waals surface area contributed by atoms with E-state index in [1.807, 2.05) is 11.8 Å². The van der Waals surface area contributed by atoms with Crippen molar-refractivity contribution >= 4 is 5.91 Å². The van der Waals surface area contributed by atoms with Crippen LogP contribution in [0.4, 0.5) is 0 Å². The summed E-state index contributed by atoms with van der Waals surface area (Å²) < 4.78 is 6.22. The standard InChI is InChI=1S/C19H28N2O2/c1-3-21-15-19(23-16(2)18(21)22)10-7-12-20(13-11-19)14-17-8-5-4-6-9-17/h4-6,8-9,16H,3,7,10-15H2,1-2H3/t16-,19+/m0/s1. The van der Waals surface area contributed by atoms with E-state index in [0.29, 0.717) is 0 Å². The molecule has 0 aromatic heterocycles. The van der Waals surface area contributed by atoms with Gasteiger partial charge in [0.2, 0.25) is 0 Å². The van der Waals surface area contributed by atoms with Crippen molar-refractivity contribution in [3.63, 3.8) is 0 Å². The molecule has 0 radical (unpaired) electrons. The molecule has 4 heteroatoms. The lowest BCUT2D eigenvalue weighted by molar-refractivity contribution is -0.182. The van der Waals surface area contributed by atoms with Crippen molar-refractivity contribution in [3.05, 3.63) is 35.9 Å². The van der Waals surface area contributed by atoms with E-state index in [2.05, 4.69) is 42.2 Å². The highest BCUT2D eigenvalue weighted by molar-refractivity contribution is 5.81. The maximum atomic E-state index is 12.2. The fraction of sp³-hybridized carbons (Fsp3) is 0.632. The van der Waals surface area contributed by atoms with E-state index >= 15 is 0 Å². The lowest BCUT2D eigenvalue weighted by Gasteiger charge is -2.44. The smallest absolute Gasteiger partial charge is 0.251 e. The van der Waals surface area contributed by atoms with Crippen LogP contribution in [-0.4, -0.2) is 53.6 Å². The van der Waals surface area contributed by atoms with Crippen LogP contribution in [0.15, 0.2) is 30.3 Å². The third-order valence-electron chi connectivity index (χ3n) is 5.19. The number of carbonyl (C=O) groups is 1. The minimum absolute atomic E-state index is 0.142. The van der Waals surface area contributed by atoms with Crippen LogP contribution < -0.4 is 0 Å². The Bertz CT molecular complexity index is 533. The summed E-state index contributed by atoms with van der Waals surface area (Å²) in [6.45, 7) is 8.64. The number of nitrogens with zero attached hydrogens (tertiary/aromatic N) is 2. The first-order chi connectivity index (χ1) is 11.1. The van der Waals surface area contributed by atoms with E-state index in [4.69, 9.17) is 4.74 Å². The summed E-state index contributed by atoms with van der Waals surface area (Å²) in [4.78, 5) is 16.7. The van der Waals surface area contributed by atoms with Gasteiger partial charge >= 0.3 is 0 Å². The lowest BCUT2D eigenvalue weighted by Crippen LogP contribution is -2.58. The first-order valence-electron chi connectivity index (χ1n) is 8.85. The molecule has 0 aliphatic carbocycles. The number of carbonyl (C=O) groups excluding carboxylic acids is 1. The predicted octanol–water partition coefficient (Wildman–Crippen LogP) is 2.68. The molecule has 1 aromatic rings. The largest absolute Gasteiger partial charge is 0.360 e. The Morgan fingerprint density at radius 3 is 2.74 bits per heavy atom. The van der Waals surface area contributed by atoms with Gasteiger partial charge in [-0.1, -0.05) is 30.3 Å². The van der Waals surface area contributed by atoms with Crippen LogP contribution in [-0.2, 0) is 16.1 Å². The highest BCUT2D eigenvalue weighted by Crippen LogP contribution is 2.33. The number of amides is 1. The molecule has 2 saturated heterocycles. The average molecular weight is 316 g/mol. The van der Waals surface area contributed by atoms with Crippen LogP contribution >= 0.6 is 0 Å². The first kappa shape index (κ1) is 16.5. The van der Waals surface area contributed by atoms with Gasteiger partial charge in [-0.15, -0.1) is 0 Å². The number of likely N-dealkylation sites (N-methyl/N-ethyl adjacent to an activating group) is 1. The van der Waals surface area contributed by atoms with E-state index < -0.39 is 0 Å². The zero-order valence-electron chi connectivity index (χ0n) is 14.3. The second-order valence-electron chi connectivity index (χ2n) is 6.91. The van der Waals surface area contributed by atoms with Crippen molar-refractivity contribution in [1.29, 1.82) is 0 Å². The summed E-state index contributed by atoms with van der Waals surface area (Å²) in [6, 6.07) is 10.7. The van der Waals surface area contributed by atoms with Crippen LogP contribution in [0, 0.1) is 0 Å². The molecule has 4 nitrogen and oxygen atoms in total.